The van der Waals surface area contributed by atoms with Gasteiger partial charge in [0.2, 0.25) is 0 Å². The van der Waals surface area contributed by atoms with Gasteiger partial charge in [-0.2, -0.15) is 0 Å². The van der Waals surface area contributed by atoms with Crippen molar-refractivity contribution in [1.29, 1.82) is 0 Å². The highest BCUT2D eigenvalue weighted by molar-refractivity contribution is 5.94. The first-order chi connectivity index (χ1) is 8.11. The van der Waals surface area contributed by atoms with Crippen molar-refractivity contribution < 1.29 is 13.6 Å². The summed E-state index contributed by atoms with van der Waals surface area (Å²) in [7, 11) is 0. The second kappa shape index (κ2) is 4.79. The van der Waals surface area contributed by atoms with E-state index in [1.54, 1.807) is 0 Å². The first-order valence-corrected chi connectivity index (χ1v) is 5.58. The number of nitrogens with two attached hydrogens (primary N) is 1. The normalized spacial score (nSPS) is 16.6. The number of amides is 1. The van der Waals surface area contributed by atoms with Crippen LogP contribution in [0.4, 0.5) is 8.78 Å². The summed E-state index contributed by atoms with van der Waals surface area (Å²) >= 11 is 0. The molecule has 1 fully saturated rings. The van der Waals surface area contributed by atoms with Crippen molar-refractivity contribution in [2.24, 2.45) is 11.7 Å². The molecule has 0 aromatic heterocycles. The number of rotatable bonds is 4. The van der Waals surface area contributed by atoms with Gasteiger partial charge in [0.1, 0.15) is 11.6 Å². The van der Waals surface area contributed by atoms with Crippen LogP contribution in [-0.4, -0.2) is 18.5 Å². The number of carbonyl (C=O) groups is 1. The van der Waals surface area contributed by atoms with Crippen molar-refractivity contribution in [1.82, 2.24) is 5.32 Å². The average molecular weight is 240 g/mol. The highest BCUT2D eigenvalue weighted by Gasteiger charge is 2.31. The van der Waals surface area contributed by atoms with Crippen LogP contribution in [0, 0.1) is 17.6 Å². The standard InChI is InChI=1S/C12H14F2N2O/c13-8-3-4-9(10(14)5-8)12(17)16-11(6-15)7-1-2-7/h3-5,7,11H,1-2,6,15H2,(H,16,17). The van der Waals surface area contributed by atoms with E-state index in [-0.39, 0.29) is 11.6 Å². The Bertz CT molecular complexity index is 433. The van der Waals surface area contributed by atoms with Gasteiger partial charge in [-0.1, -0.05) is 0 Å². The zero-order valence-corrected chi connectivity index (χ0v) is 9.25. The van der Waals surface area contributed by atoms with E-state index in [1.165, 1.54) is 0 Å². The minimum Gasteiger partial charge on any atom is -0.348 e. The molecule has 1 amide bonds. The summed E-state index contributed by atoms with van der Waals surface area (Å²) in [5.41, 5.74) is 5.39. The number of nitrogens with one attached hydrogen (secondary N) is 1. The molecule has 0 heterocycles. The molecule has 92 valence electrons. The molecule has 1 aromatic carbocycles. The number of hydrogen-bond acceptors (Lipinski definition) is 2. The van der Waals surface area contributed by atoms with Crippen molar-refractivity contribution in [3.63, 3.8) is 0 Å². The van der Waals surface area contributed by atoms with Crippen molar-refractivity contribution in [2.75, 3.05) is 6.54 Å². The Kier molecular flexibility index (Phi) is 3.38. The van der Waals surface area contributed by atoms with Crippen LogP contribution >= 0.6 is 0 Å². The van der Waals surface area contributed by atoms with E-state index in [2.05, 4.69) is 5.32 Å². The van der Waals surface area contributed by atoms with Crippen LogP contribution in [0.3, 0.4) is 0 Å². The van der Waals surface area contributed by atoms with E-state index in [4.69, 9.17) is 5.73 Å². The van der Waals surface area contributed by atoms with Crippen LogP contribution in [0.15, 0.2) is 18.2 Å². The largest absolute Gasteiger partial charge is 0.348 e. The molecular weight excluding hydrogens is 226 g/mol. The zero-order valence-electron chi connectivity index (χ0n) is 9.25. The Morgan fingerprint density at radius 3 is 2.71 bits per heavy atom. The van der Waals surface area contributed by atoms with Gasteiger partial charge in [0.05, 0.1) is 5.56 Å². The summed E-state index contributed by atoms with van der Waals surface area (Å²) in [5, 5.41) is 2.68. The van der Waals surface area contributed by atoms with E-state index in [0.717, 1.165) is 25.0 Å². The van der Waals surface area contributed by atoms with Crippen LogP contribution < -0.4 is 11.1 Å². The Labute approximate surface area is 98.0 Å². The predicted octanol–water partition coefficient (Wildman–Crippen LogP) is 1.43. The van der Waals surface area contributed by atoms with Gasteiger partial charge in [-0.3, -0.25) is 4.79 Å². The fourth-order valence-corrected chi connectivity index (χ4v) is 1.79. The summed E-state index contributed by atoms with van der Waals surface area (Å²) in [6.07, 6.45) is 2.07. The van der Waals surface area contributed by atoms with Crippen LogP contribution in [0.5, 0.6) is 0 Å². The van der Waals surface area contributed by atoms with E-state index in [1.807, 2.05) is 0 Å². The molecule has 3 N–H and O–H groups in total. The maximum Gasteiger partial charge on any atom is 0.254 e. The second-order valence-electron chi connectivity index (χ2n) is 4.28. The van der Waals surface area contributed by atoms with Crippen molar-refractivity contribution in [3.05, 3.63) is 35.4 Å². The molecule has 3 nitrogen and oxygen atoms in total. The molecule has 0 radical (unpaired) electrons. The summed E-state index contributed by atoms with van der Waals surface area (Å²) in [6, 6.07) is 2.78. The quantitative estimate of drug-likeness (QED) is 0.836. The monoisotopic (exact) mass is 240 g/mol. The molecule has 17 heavy (non-hydrogen) atoms. The summed E-state index contributed by atoms with van der Waals surface area (Å²) in [4.78, 5) is 11.7. The summed E-state index contributed by atoms with van der Waals surface area (Å²) in [5.74, 6) is -1.69. The SMILES string of the molecule is NCC(NC(=O)c1ccc(F)cc1F)C1CC1. The van der Waals surface area contributed by atoms with Crippen molar-refractivity contribution in [3.8, 4) is 0 Å². The molecule has 0 aliphatic heterocycles. The minimum absolute atomic E-state index is 0.119. The second-order valence-corrected chi connectivity index (χ2v) is 4.28. The van der Waals surface area contributed by atoms with Gasteiger partial charge < -0.3 is 11.1 Å². The zero-order chi connectivity index (χ0) is 12.4. The van der Waals surface area contributed by atoms with Crippen LogP contribution in [0.2, 0.25) is 0 Å². The molecule has 1 aliphatic rings. The van der Waals surface area contributed by atoms with Crippen LogP contribution in [0.1, 0.15) is 23.2 Å². The maximum absolute atomic E-state index is 13.3. The fraction of sp³-hybridized carbons (Fsp3) is 0.417. The number of carbonyl (C=O) groups excluding carboxylic acids is 1. The van der Waals surface area contributed by atoms with Gasteiger partial charge >= 0.3 is 0 Å². The third kappa shape index (κ3) is 2.79. The predicted molar refractivity (Wildman–Crippen MR) is 59.4 cm³/mol. The molecule has 0 bridgehead atoms. The van der Waals surface area contributed by atoms with Crippen LogP contribution in [0.25, 0.3) is 0 Å². The number of benzene rings is 1. The van der Waals surface area contributed by atoms with E-state index in [0.29, 0.717) is 18.5 Å². The average Bonchev–Trinajstić information content (AvgIpc) is 3.09. The maximum atomic E-state index is 13.3. The highest BCUT2D eigenvalue weighted by atomic mass is 19.1. The summed E-state index contributed by atoms with van der Waals surface area (Å²) in [6.45, 7) is 0.333. The third-order valence-electron chi connectivity index (χ3n) is 2.94. The number of halogens is 2. The molecule has 1 unspecified atom stereocenters. The molecule has 0 spiro atoms. The molecule has 5 heteroatoms. The van der Waals surface area contributed by atoms with Gasteiger partial charge in [-0.25, -0.2) is 8.78 Å². The molecule has 1 atom stereocenters. The Balaban J connectivity index is 2.08. The molecule has 1 aromatic rings. The van der Waals surface area contributed by atoms with Gasteiger partial charge in [0.15, 0.2) is 0 Å². The Morgan fingerprint density at radius 1 is 1.47 bits per heavy atom. The smallest absolute Gasteiger partial charge is 0.254 e. The van der Waals surface area contributed by atoms with Crippen LogP contribution in [-0.2, 0) is 0 Å². The van der Waals surface area contributed by atoms with E-state index in [9.17, 15) is 13.6 Å². The molecule has 2 rings (SSSR count). The first kappa shape index (κ1) is 12.0. The summed E-state index contributed by atoms with van der Waals surface area (Å²) < 4.78 is 26.0. The Hall–Kier alpha value is -1.49. The van der Waals surface area contributed by atoms with Crippen molar-refractivity contribution in [2.45, 2.75) is 18.9 Å². The van der Waals surface area contributed by atoms with Gasteiger partial charge in [0.25, 0.3) is 5.91 Å². The van der Waals surface area contributed by atoms with Gasteiger partial charge in [0, 0.05) is 18.7 Å². The lowest BCUT2D eigenvalue weighted by atomic mass is 10.1. The lowest BCUT2D eigenvalue weighted by molar-refractivity contribution is 0.0929. The highest BCUT2D eigenvalue weighted by Crippen LogP contribution is 2.32. The first-order valence-electron chi connectivity index (χ1n) is 5.58. The molecule has 0 saturated heterocycles. The van der Waals surface area contributed by atoms with Crippen molar-refractivity contribution >= 4 is 5.91 Å². The molecule has 1 aliphatic carbocycles. The number of hydrogen-bond donors (Lipinski definition) is 2. The lowest BCUT2D eigenvalue weighted by Crippen LogP contribution is -2.42. The van der Waals surface area contributed by atoms with E-state index >= 15 is 0 Å². The lowest BCUT2D eigenvalue weighted by Gasteiger charge is -2.16. The topological polar surface area (TPSA) is 55.1 Å². The van der Waals surface area contributed by atoms with Gasteiger partial charge in [-0.05, 0) is 30.9 Å². The molecular formula is C12H14F2N2O. The third-order valence-corrected chi connectivity index (χ3v) is 2.94. The minimum atomic E-state index is -0.853. The molecule has 1 saturated carbocycles. The fourth-order valence-electron chi connectivity index (χ4n) is 1.79. The Morgan fingerprint density at radius 2 is 2.18 bits per heavy atom. The van der Waals surface area contributed by atoms with E-state index < -0.39 is 17.5 Å². The van der Waals surface area contributed by atoms with Gasteiger partial charge in [-0.15, -0.1) is 0 Å².